The first kappa shape index (κ1) is 12.2. The lowest BCUT2D eigenvalue weighted by atomic mass is 10.1. The fourth-order valence-electron chi connectivity index (χ4n) is 2.51. The molecular formula is C14H23N3. The van der Waals surface area contributed by atoms with Gasteiger partial charge in [0.25, 0.3) is 0 Å². The molecule has 3 heteroatoms. The second-order valence-electron chi connectivity index (χ2n) is 4.98. The summed E-state index contributed by atoms with van der Waals surface area (Å²) in [5, 5.41) is 3.51. The molecule has 0 atom stereocenters. The van der Waals surface area contributed by atoms with Crippen LogP contribution in [0.2, 0.25) is 0 Å². The van der Waals surface area contributed by atoms with Crippen LogP contribution in [0.5, 0.6) is 0 Å². The van der Waals surface area contributed by atoms with E-state index in [-0.39, 0.29) is 0 Å². The second kappa shape index (κ2) is 6.48. The Morgan fingerprint density at radius 1 is 1.06 bits per heavy atom. The second-order valence-corrected chi connectivity index (χ2v) is 4.98. The minimum atomic E-state index is 0.547. The summed E-state index contributed by atoms with van der Waals surface area (Å²) >= 11 is 0. The van der Waals surface area contributed by atoms with Crippen LogP contribution in [0.25, 0.3) is 0 Å². The number of pyridine rings is 1. The Morgan fingerprint density at radius 3 is 2.35 bits per heavy atom. The highest BCUT2D eigenvalue weighted by Crippen LogP contribution is 2.22. The lowest BCUT2D eigenvalue weighted by molar-refractivity contribution is 0.562. The van der Waals surface area contributed by atoms with Gasteiger partial charge >= 0.3 is 0 Å². The molecule has 1 aliphatic carbocycles. The molecule has 1 aliphatic rings. The summed E-state index contributed by atoms with van der Waals surface area (Å²) in [5.74, 6) is 0.858. The predicted octanol–water partition coefficient (Wildman–Crippen LogP) is 3.58. The van der Waals surface area contributed by atoms with Crippen molar-refractivity contribution < 1.29 is 0 Å². The normalized spacial score (nSPS) is 19.1. The quantitative estimate of drug-likeness (QED) is 0.821. The summed E-state index contributed by atoms with van der Waals surface area (Å²) in [6.07, 6.45) is 12.5. The number of anilines is 2. The van der Waals surface area contributed by atoms with E-state index in [0.29, 0.717) is 6.04 Å². The van der Waals surface area contributed by atoms with Crippen LogP contribution in [-0.4, -0.2) is 11.0 Å². The topological polar surface area (TPSA) is 50.9 Å². The Labute approximate surface area is 104 Å². The number of hydrogen-bond acceptors (Lipinski definition) is 3. The number of nitrogens with two attached hydrogens (primary N) is 1. The average molecular weight is 233 g/mol. The van der Waals surface area contributed by atoms with Crippen molar-refractivity contribution in [2.45, 2.75) is 57.4 Å². The van der Waals surface area contributed by atoms with Crippen LogP contribution in [-0.2, 0) is 0 Å². The molecule has 0 saturated heterocycles. The molecule has 0 bridgehead atoms. The van der Waals surface area contributed by atoms with E-state index in [1.54, 1.807) is 6.20 Å². The van der Waals surface area contributed by atoms with E-state index >= 15 is 0 Å². The third kappa shape index (κ3) is 3.91. The zero-order valence-electron chi connectivity index (χ0n) is 10.5. The van der Waals surface area contributed by atoms with Gasteiger partial charge in [0.1, 0.15) is 5.82 Å². The molecule has 1 saturated carbocycles. The van der Waals surface area contributed by atoms with Crippen LogP contribution >= 0.6 is 0 Å². The van der Waals surface area contributed by atoms with E-state index in [2.05, 4.69) is 10.3 Å². The van der Waals surface area contributed by atoms with Crippen molar-refractivity contribution in [1.29, 1.82) is 0 Å². The fourth-order valence-corrected chi connectivity index (χ4v) is 2.51. The first-order chi connectivity index (χ1) is 8.36. The number of nitrogen functional groups attached to an aromatic ring is 1. The summed E-state index contributed by atoms with van der Waals surface area (Å²) < 4.78 is 0. The number of nitrogens with one attached hydrogen (secondary N) is 1. The summed E-state index contributed by atoms with van der Waals surface area (Å²) in [7, 11) is 0. The molecule has 0 unspecified atom stereocenters. The minimum absolute atomic E-state index is 0.547. The fraction of sp³-hybridized carbons (Fsp3) is 0.643. The predicted molar refractivity (Wildman–Crippen MR) is 73.0 cm³/mol. The van der Waals surface area contributed by atoms with E-state index in [0.717, 1.165) is 11.5 Å². The van der Waals surface area contributed by atoms with E-state index in [1.165, 1.54) is 51.4 Å². The Balaban J connectivity index is 1.93. The van der Waals surface area contributed by atoms with Gasteiger partial charge in [-0.3, -0.25) is 0 Å². The summed E-state index contributed by atoms with van der Waals surface area (Å²) in [5.41, 5.74) is 6.67. The molecule has 0 radical (unpaired) electrons. The van der Waals surface area contributed by atoms with Crippen molar-refractivity contribution in [2.24, 2.45) is 0 Å². The lowest BCUT2D eigenvalue weighted by Gasteiger charge is -2.19. The van der Waals surface area contributed by atoms with Crippen LogP contribution < -0.4 is 11.1 Å². The Hall–Kier alpha value is -1.25. The van der Waals surface area contributed by atoms with Gasteiger partial charge in [0, 0.05) is 12.2 Å². The van der Waals surface area contributed by atoms with Crippen molar-refractivity contribution in [3.63, 3.8) is 0 Å². The van der Waals surface area contributed by atoms with Crippen LogP contribution in [0.15, 0.2) is 18.3 Å². The zero-order chi connectivity index (χ0) is 11.9. The molecule has 1 heterocycles. The van der Waals surface area contributed by atoms with Gasteiger partial charge < -0.3 is 11.1 Å². The molecular weight excluding hydrogens is 210 g/mol. The highest BCUT2D eigenvalue weighted by molar-refractivity contribution is 5.60. The van der Waals surface area contributed by atoms with E-state index in [4.69, 9.17) is 5.73 Å². The molecule has 1 fully saturated rings. The maximum atomic E-state index is 5.91. The van der Waals surface area contributed by atoms with Crippen LogP contribution in [0, 0.1) is 0 Å². The van der Waals surface area contributed by atoms with Crippen molar-refractivity contribution in [1.82, 2.24) is 4.98 Å². The van der Waals surface area contributed by atoms with Crippen LogP contribution in [0.1, 0.15) is 51.4 Å². The van der Waals surface area contributed by atoms with Crippen molar-refractivity contribution in [3.8, 4) is 0 Å². The van der Waals surface area contributed by atoms with Crippen molar-refractivity contribution in [3.05, 3.63) is 18.3 Å². The van der Waals surface area contributed by atoms with E-state index in [9.17, 15) is 0 Å². The Kier molecular flexibility index (Phi) is 4.65. The molecule has 1 aromatic heterocycles. The summed E-state index contributed by atoms with van der Waals surface area (Å²) in [6.45, 7) is 0. The smallest absolute Gasteiger partial charge is 0.149 e. The van der Waals surface area contributed by atoms with Crippen molar-refractivity contribution >= 4 is 11.5 Å². The molecule has 17 heavy (non-hydrogen) atoms. The number of rotatable bonds is 2. The minimum Gasteiger partial charge on any atom is -0.396 e. The van der Waals surface area contributed by atoms with Gasteiger partial charge in [0.2, 0.25) is 0 Å². The first-order valence-electron chi connectivity index (χ1n) is 6.83. The highest BCUT2D eigenvalue weighted by atomic mass is 15.0. The van der Waals surface area contributed by atoms with Gasteiger partial charge in [-0.05, 0) is 25.0 Å². The van der Waals surface area contributed by atoms with Gasteiger partial charge in [0.15, 0.2) is 0 Å². The average Bonchev–Trinajstić information content (AvgIpc) is 2.46. The Morgan fingerprint density at radius 2 is 1.71 bits per heavy atom. The third-order valence-electron chi connectivity index (χ3n) is 3.53. The number of nitrogens with zero attached hydrogens (tertiary/aromatic N) is 1. The van der Waals surface area contributed by atoms with Gasteiger partial charge in [-0.1, -0.05) is 38.5 Å². The molecule has 0 amide bonds. The third-order valence-corrected chi connectivity index (χ3v) is 3.53. The first-order valence-corrected chi connectivity index (χ1v) is 6.83. The largest absolute Gasteiger partial charge is 0.396 e. The molecule has 0 spiro atoms. The standard InChI is InChI=1S/C14H23N3/c15-13-10-7-11-16-14(13)17-12-8-5-3-1-2-4-6-9-12/h7,10-12H,1-6,8-9,15H2,(H,16,17). The van der Waals surface area contributed by atoms with E-state index < -0.39 is 0 Å². The summed E-state index contributed by atoms with van der Waals surface area (Å²) in [6, 6.07) is 4.33. The molecule has 0 aromatic carbocycles. The lowest BCUT2D eigenvalue weighted by Crippen LogP contribution is -2.20. The highest BCUT2D eigenvalue weighted by Gasteiger charge is 2.11. The van der Waals surface area contributed by atoms with Crippen LogP contribution in [0.3, 0.4) is 0 Å². The Bertz CT molecular complexity index is 328. The molecule has 3 N–H and O–H groups in total. The zero-order valence-corrected chi connectivity index (χ0v) is 10.5. The monoisotopic (exact) mass is 233 g/mol. The van der Waals surface area contributed by atoms with Crippen molar-refractivity contribution in [2.75, 3.05) is 11.1 Å². The maximum absolute atomic E-state index is 5.91. The maximum Gasteiger partial charge on any atom is 0.149 e. The number of hydrogen-bond donors (Lipinski definition) is 2. The van der Waals surface area contributed by atoms with E-state index in [1.807, 2.05) is 12.1 Å². The van der Waals surface area contributed by atoms with Gasteiger partial charge in [-0.25, -0.2) is 4.98 Å². The SMILES string of the molecule is Nc1cccnc1NC1CCCCCCCC1. The molecule has 1 aromatic rings. The van der Waals surface area contributed by atoms with Crippen LogP contribution in [0.4, 0.5) is 11.5 Å². The molecule has 94 valence electrons. The molecule has 2 rings (SSSR count). The van der Waals surface area contributed by atoms with Gasteiger partial charge in [-0.2, -0.15) is 0 Å². The molecule has 3 nitrogen and oxygen atoms in total. The molecule has 0 aliphatic heterocycles. The summed E-state index contributed by atoms with van der Waals surface area (Å²) in [4.78, 5) is 4.31. The number of aromatic nitrogens is 1. The van der Waals surface area contributed by atoms with Gasteiger partial charge in [0.05, 0.1) is 5.69 Å². The van der Waals surface area contributed by atoms with Gasteiger partial charge in [-0.15, -0.1) is 0 Å².